The molecule has 1 rings (SSSR count). The number of benzene rings is 1. The van der Waals surface area contributed by atoms with Crippen molar-refractivity contribution in [1.82, 2.24) is 10.6 Å². The van der Waals surface area contributed by atoms with Crippen LogP contribution in [0.2, 0.25) is 0 Å². The molecule has 1 aromatic rings. The third-order valence-corrected chi connectivity index (χ3v) is 3.50. The first kappa shape index (κ1) is 19.5. The summed E-state index contributed by atoms with van der Waals surface area (Å²) in [5.74, 6) is 0.910. The van der Waals surface area contributed by atoms with Crippen molar-refractivity contribution in [2.75, 3.05) is 32.8 Å². The molecule has 0 atom stereocenters. The molecule has 0 radical (unpaired) electrons. The zero-order valence-corrected chi connectivity index (χ0v) is 15.2. The zero-order chi connectivity index (χ0) is 16.9. The van der Waals surface area contributed by atoms with Gasteiger partial charge in [0.1, 0.15) is 0 Å². The zero-order valence-electron chi connectivity index (χ0n) is 15.2. The van der Waals surface area contributed by atoms with E-state index in [2.05, 4.69) is 54.6 Å². The predicted octanol–water partition coefficient (Wildman–Crippen LogP) is 3.22. The lowest BCUT2D eigenvalue weighted by Crippen LogP contribution is -2.38. The highest BCUT2D eigenvalue weighted by molar-refractivity contribution is 5.79. The third kappa shape index (κ3) is 9.24. The second kappa shape index (κ2) is 11.9. The Morgan fingerprint density at radius 3 is 2.43 bits per heavy atom. The first-order chi connectivity index (χ1) is 11.2. The number of aryl methyl sites for hydroxylation is 2. The molecule has 0 amide bonds. The molecular weight excluding hydrogens is 286 g/mol. The van der Waals surface area contributed by atoms with Crippen molar-refractivity contribution in [3.05, 3.63) is 34.9 Å². The Morgan fingerprint density at radius 1 is 1.04 bits per heavy atom. The number of nitrogens with one attached hydrogen (secondary N) is 2. The monoisotopic (exact) mass is 319 g/mol. The van der Waals surface area contributed by atoms with E-state index < -0.39 is 0 Å². The van der Waals surface area contributed by atoms with Gasteiger partial charge < -0.3 is 15.4 Å². The normalized spacial score (nSPS) is 11.6. The SMILES string of the molecule is CCNC(=NCCCCOCC)NCCc1cc(C)cc(C)c1. The van der Waals surface area contributed by atoms with Crippen LogP contribution in [0.5, 0.6) is 0 Å². The van der Waals surface area contributed by atoms with Crippen LogP contribution in [-0.4, -0.2) is 38.8 Å². The average Bonchev–Trinajstić information content (AvgIpc) is 2.49. The fourth-order valence-electron chi connectivity index (χ4n) is 2.53. The Kier molecular flexibility index (Phi) is 10.1. The number of unbranched alkanes of at least 4 members (excludes halogenated alkanes) is 1. The quantitative estimate of drug-likeness (QED) is 0.395. The predicted molar refractivity (Wildman–Crippen MR) is 99.3 cm³/mol. The topological polar surface area (TPSA) is 45.7 Å². The minimum Gasteiger partial charge on any atom is -0.382 e. The summed E-state index contributed by atoms with van der Waals surface area (Å²) in [6.07, 6.45) is 3.14. The van der Waals surface area contributed by atoms with Crippen molar-refractivity contribution >= 4 is 5.96 Å². The highest BCUT2D eigenvalue weighted by atomic mass is 16.5. The molecule has 1 aromatic carbocycles. The molecule has 0 saturated carbocycles. The summed E-state index contributed by atoms with van der Waals surface area (Å²) in [6.45, 7) is 12.7. The maximum absolute atomic E-state index is 5.34. The van der Waals surface area contributed by atoms with Crippen molar-refractivity contribution in [2.24, 2.45) is 4.99 Å². The number of aliphatic imine (C=N–C) groups is 1. The number of guanidine groups is 1. The number of hydrogen-bond donors (Lipinski definition) is 2. The minimum atomic E-state index is 0.798. The number of hydrogen-bond acceptors (Lipinski definition) is 2. The maximum Gasteiger partial charge on any atom is 0.191 e. The molecule has 0 aromatic heterocycles. The van der Waals surface area contributed by atoms with Gasteiger partial charge in [-0.25, -0.2) is 0 Å². The Hall–Kier alpha value is -1.55. The third-order valence-electron chi connectivity index (χ3n) is 3.50. The molecule has 0 fully saturated rings. The van der Waals surface area contributed by atoms with Crippen LogP contribution in [0.4, 0.5) is 0 Å². The molecule has 0 heterocycles. The molecule has 0 saturated heterocycles. The standard InChI is InChI=1S/C19H33N3O/c1-5-20-19(21-10-7-8-12-23-6-2)22-11-9-18-14-16(3)13-17(4)15-18/h13-15H,5-12H2,1-4H3,(H2,20,21,22). The highest BCUT2D eigenvalue weighted by Crippen LogP contribution is 2.08. The van der Waals surface area contributed by atoms with Crippen LogP contribution in [0.3, 0.4) is 0 Å². The molecule has 2 N–H and O–H groups in total. The van der Waals surface area contributed by atoms with E-state index in [1.165, 1.54) is 16.7 Å². The van der Waals surface area contributed by atoms with E-state index in [4.69, 9.17) is 4.74 Å². The van der Waals surface area contributed by atoms with Gasteiger partial charge in [0.2, 0.25) is 0 Å². The summed E-state index contributed by atoms with van der Waals surface area (Å²) in [7, 11) is 0. The molecule has 0 aliphatic rings. The largest absolute Gasteiger partial charge is 0.382 e. The van der Waals surface area contributed by atoms with Crippen LogP contribution < -0.4 is 10.6 Å². The van der Waals surface area contributed by atoms with Crippen molar-refractivity contribution < 1.29 is 4.74 Å². The molecular formula is C19H33N3O. The van der Waals surface area contributed by atoms with Gasteiger partial charge in [-0.2, -0.15) is 0 Å². The smallest absolute Gasteiger partial charge is 0.191 e. The molecule has 0 aliphatic carbocycles. The molecule has 23 heavy (non-hydrogen) atoms. The van der Waals surface area contributed by atoms with E-state index in [9.17, 15) is 0 Å². The Bertz CT molecular complexity index is 451. The Balaban J connectivity index is 2.34. The maximum atomic E-state index is 5.34. The summed E-state index contributed by atoms with van der Waals surface area (Å²) in [6, 6.07) is 6.73. The van der Waals surface area contributed by atoms with Crippen molar-refractivity contribution in [3.63, 3.8) is 0 Å². The van der Waals surface area contributed by atoms with Crippen LogP contribution in [0.25, 0.3) is 0 Å². The van der Waals surface area contributed by atoms with Crippen LogP contribution in [0.1, 0.15) is 43.4 Å². The van der Waals surface area contributed by atoms with E-state index in [-0.39, 0.29) is 0 Å². The van der Waals surface area contributed by atoms with Gasteiger partial charge in [0.15, 0.2) is 5.96 Å². The highest BCUT2D eigenvalue weighted by Gasteiger charge is 1.99. The van der Waals surface area contributed by atoms with Crippen LogP contribution in [-0.2, 0) is 11.2 Å². The number of ether oxygens (including phenoxy) is 1. The second-order valence-electron chi connectivity index (χ2n) is 5.84. The van der Waals surface area contributed by atoms with Gasteiger partial charge in [-0.05, 0) is 52.5 Å². The van der Waals surface area contributed by atoms with Gasteiger partial charge in [0.25, 0.3) is 0 Å². The number of rotatable bonds is 10. The van der Waals surface area contributed by atoms with Crippen LogP contribution >= 0.6 is 0 Å². The van der Waals surface area contributed by atoms with Crippen molar-refractivity contribution in [3.8, 4) is 0 Å². The second-order valence-corrected chi connectivity index (χ2v) is 5.84. The fraction of sp³-hybridized carbons (Fsp3) is 0.632. The summed E-state index contributed by atoms with van der Waals surface area (Å²) in [5.41, 5.74) is 4.03. The fourth-order valence-corrected chi connectivity index (χ4v) is 2.53. The molecule has 0 bridgehead atoms. The first-order valence-corrected chi connectivity index (χ1v) is 8.82. The van der Waals surface area contributed by atoms with E-state index in [1.54, 1.807) is 0 Å². The van der Waals surface area contributed by atoms with E-state index in [0.717, 1.165) is 58.1 Å². The lowest BCUT2D eigenvalue weighted by molar-refractivity contribution is 0.144. The Labute approximate surface area is 141 Å². The minimum absolute atomic E-state index is 0.798. The molecule has 0 aliphatic heterocycles. The van der Waals surface area contributed by atoms with Gasteiger partial charge >= 0.3 is 0 Å². The van der Waals surface area contributed by atoms with Crippen LogP contribution in [0, 0.1) is 13.8 Å². The van der Waals surface area contributed by atoms with Crippen LogP contribution in [0.15, 0.2) is 23.2 Å². The lowest BCUT2D eigenvalue weighted by Gasteiger charge is -2.12. The summed E-state index contributed by atoms with van der Waals surface area (Å²) in [5, 5.41) is 6.72. The van der Waals surface area contributed by atoms with Gasteiger partial charge in [0, 0.05) is 32.8 Å². The molecule has 0 spiro atoms. The van der Waals surface area contributed by atoms with Gasteiger partial charge in [-0.15, -0.1) is 0 Å². The van der Waals surface area contributed by atoms with E-state index in [0.29, 0.717) is 0 Å². The van der Waals surface area contributed by atoms with Crippen molar-refractivity contribution in [1.29, 1.82) is 0 Å². The molecule has 4 heteroatoms. The Morgan fingerprint density at radius 2 is 1.78 bits per heavy atom. The van der Waals surface area contributed by atoms with E-state index >= 15 is 0 Å². The molecule has 0 unspecified atom stereocenters. The van der Waals surface area contributed by atoms with Crippen molar-refractivity contribution in [2.45, 2.75) is 47.0 Å². The molecule has 4 nitrogen and oxygen atoms in total. The average molecular weight is 319 g/mol. The number of nitrogens with zero attached hydrogens (tertiary/aromatic N) is 1. The summed E-state index contributed by atoms with van der Waals surface area (Å²) < 4.78 is 5.34. The van der Waals surface area contributed by atoms with E-state index in [1.807, 2.05) is 6.92 Å². The first-order valence-electron chi connectivity index (χ1n) is 8.82. The van der Waals surface area contributed by atoms with Gasteiger partial charge in [-0.1, -0.05) is 29.3 Å². The summed E-state index contributed by atoms with van der Waals surface area (Å²) >= 11 is 0. The van der Waals surface area contributed by atoms with Gasteiger partial charge in [0.05, 0.1) is 0 Å². The lowest BCUT2D eigenvalue weighted by atomic mass is 10.1. The molecule has 130 valence electrons. The summed E-state index contributed by atoms with van der Waals surface area (Å²) in [4.78, 5) is 4.62. The van der Waals surface area contributed by atoms with Gasteiger partial charge in [-0.3, -0.25) is 4.99 Å².